The highest BCUT2D eigenvalue weighted by atomic mass is 32.2. The lowest BCUT2D eigenvalue weighted by molar-refractivity contribution is -0.121. The lowest BCUT2D eigenvalue weighted by atomic mass is 9.86. The van der Waals surface area contributed by atoms with Crippen LogP contribution in [-0.2, 0) is 26.0 Å². The number of nitrogens with zero attached hydrogens (tertiary/aromatic N) is 1. The average molecular weight is 387 g/mol. The molecule has 0 radical (unpaired) electrons. The Kier molecular flexibility index (Phi) is 6.14. The van der Waals surface area contributed by atoms with E-state index in [2.05, 4.69) is 12.2 Å². The van der Waals surface area contributed by atoms with Gasteiger partial charge in [0.15, 0.2) is 0 Å². The first-order valence-electron chi connectivity index (χ1n) is 8.93. The molecule has 1 aromatic rings. The lowest BCUT2D eigenvalue weighted by Gasteiger charge is -2.29. The van der Waals surface area contributed by atoms with E-state index < -0.39 is 10.0 Å². The summed E-state index contributed by atoms with van der Waals surface area (Å²) in [7, 11) is -3.47. The summed E-state index contributed by atoms with van der Waals surface area (Å²) in [6.07, 6.45) is 4.84. The molecule has 25 heavy (non-hydrogen) atoms. The van der Waals surface area contributed by atoms with Gasteiger partial charge in [-0.2, -0.15) is 4.31 Å². The van der Waals surface area contributed by atoms with Crippen LogP contribution >= 0.6 is 11.3 Å². The Bertz CT molecular complexity index is 695. The van der Waals surface area contributed by atoms with Crippen LogP contribution in [-0.4, -0.2) is 51.0 Å². The maximum absolute atomic E-state index is 12.6. The molecule has 8 heteroatoms. The molecule has 2 fully saturated rings. The molecular formula is C17H26N2O4S2. The Morgan fingerprint density at radius 2 is 2.00 bits per heavy atom. The number of carbonyl (C=O) groups is 1. The van der Waals surface area contributed by atoms with Gasteiger partial charge in [0.25, 0.3) is 10.0 Å². The van der Waals surface area contributed by atoms with E-state index in [1.54, 1.807) is 12.1 Å². The maximum Gasteiger partial charge on any atom is 0.252 e. The number of amides is 1. The van der Waals surface area contributed by atoms with E-state index in [1.165, 1.54) is 22.1 Å². The molecule has 0 spiro atoms. The van der Waals surface area contributed by atoms with Gasteiger partial charge in [-0.25, -0.2) is 8.42 Å². The number of hydrogen-bond acceptors (Lipinski definition) is 5. The molecule has 1 aromatic heterocycles. The minimum Gasteiger partial charge on any atom is -0.379 e. The summed E-state index contributed by atoms with van der Waals surface area (Å²) < 4.78 is 32.2. The van der Waals surface area contributed by atoms with Crippen LogP contribution < -0.4 is 5.32 Å². The van der Waals surface area contributed by atoms with Gasteiger partial charge in [-0.3, -0.25) is 4.79 Å². The molecule has 3 rings (SSSR count). The van der Waals surface area contributed by atoms with Crippen LogP contribution in [0.15, 0.2) is 16.3 Å². The number of morpholine rings is 1. The van der Waals surface area contributed by atoms with Crippen molar-refractivity contribution in [2.24, 2.45) is 5.92 Å². The number of hydrogen-bond donors (Lipinski definition) is 1. The van der Waals surface area contributed by atoms with Crippen molar-refractivity contribution in [3.05, 3.63) is 17.0 Å². The molecule has 0 aromatic carbocycles. The predicted octanol–water partition coefficient (Wildman–Crippen LogP) is 2.01. The predicted molar refractivity (Wildman–Crippen MR) is 97.2 cm³/mol. The van der Waals surface area contributed by atoms with Crippen molar-refractivity contribution < 1.29 is 17.9 Å². The van der Waals surface area contributed by atoms with E-state index >= 15 is 0 Å². The molecule has 6 nitrogen and oxygen atoms in total. The van der Waals surface area contributed by atoms with Crippen molar-refractivity contribution in [1.29, 1.82) is 0 Å². The van der Waals surface area contributed by atoms with Gasteiger partial charge in [-0.05, 0) is 30.9 Å². The second-order valence-electron chi connectivity index (χ2n) is 6.85. The van der Waals surface area contributed by atoms with Crippen molar-refractivity contribution >= 4 is 27.3 Å². The Morgan fingerprint density at radius 3 is 2.72 bits per heavy atom. The van der Waals surface area contributed by atoms with Gasteiger partial charge in [-0.15, -0.1) is 11.3 Å². The van der Waals surface area contributed by atoms with Crippen LogP contribution in [0, 0.1) is 5.92 Å². The standard InChI is InChI=1S/C17H26N2O4S2/c1-13-4-2-3-5-15(13)18-16(20)12-14-6-7-17(24-14)25(21,22)19-8-10-23-11-9-19/h6-7,13,15H,2-5,8-12H2,1H3,(H,18,20)/t13-,15+/m0/s1. The molecule has 1 saturated carbocycles. The highest BCUT2D eigenvalue weighted by molar-refractivity contribution is 7.91. The Labute approximate surface area is 153 Å². The first kappa shape index (κ1) is 18.8. The molecule has 1 saturated heterocycles. The molecule has 0 unspecified atom stereocenters. The van der Waals surface area contributed by atoms with E-state index in [1.807, 2.05) is 0 Å². The van der Waals surface area contributed by atoms with Gasteiger partial charge < -0.3 is 10.1 Å². The normalized spacial score (nSPS) is 25.6. The van der Waals surface area contributed by atoms with E-state index in [0.717, 1.165) is 24.1 Å². The third kappa shape index (κ3) is 4.61. The van der Waals surface area contributed by atoms with Gasteiger partial charge in [-0.1, -0.05) is 19.8 Å². The van der Waals surface area contributed by atoms with Crippen molar-refractivity contribution in [1.82, 2.24) is 9.62 Å². The Hall–Kier alpha value is -0.960. The third-order valence-corrected chi connectivity index (χ3v) is 8.45. The fourth-order valence-corrected chi connectivity index (χ4v) is 6.37. The van der Waals surface area contributed by atoms with Crippen LogP contribution in [0.4, 0.5) is 0 Å². The van der Waals surface area contributed by atoms with Gasteiger partial charge in [0.2, 0.25) is 5.91 Å². The Balaban J connectivity index is 1.60. The quantitative estimate of drug-likeness (QED) is 0.840. The SMILES string of the molecule is C[C@H]1CCCC[C@H]1NC(=O)Cc1ccc(S(=O)(=O)N2CCOCC2)s1. The molecule has 1 N–H and O–H groups in total. The first-order chi connectivity index (χ1) is 12.0. The number of thiophene rings is 1. The zero-order valence-corrected chi connectivity index (χ0v) is 16.2. The minimum absolute atomic E-state index is 0.0177. The van der Waals surface area contributed by atoms with E-state index in [9.17, 15) is 13.2 Å². The van der Waals surface area contributed by atoms with Crippen LogP contribution in [0.5, 0.6) is 0 Å². The number of carbonyl (C=O) groups excluding carboxylic acids is 1. The van der Waals surface area contributed by atoms with Crippen LogP contribution in [0.3, 0.4) is 0 Å². The van der Waals surface area contributed by atoms with E-state index in [0.29, 0.717) is 36.4 Å². The van der Waals surface area contributed by atoms with Crippen molar-refractivity contribution in [3.63, 3.8) is 0 Å². The largest absolute Gasteiger partial charge is 0.379 e. The van der Waals surface area contributed by atoms with Gasteiger partial charge in [0.1, 0.15) is 4.21 Å². The average Bonchev–Trinajstić information content (AvgIpc) is 3.07. The summed E-state index contributed by atoms with van der Waals surface area (Å²) in [5, 5.41) is 3.12. The third-order valence-electron chi connectivity index (χ3n) is 4.99. The second kappa shape index (κ2) is 8.16. The highest BCUT2D eigenvalue weighted by Crippen LogP contribution is 2.27. The number of nitrogens with one attached hydrogen (secondary N) is 1. The van der Waals surface area contributed by atoms with Crippen molar-refractivity contribution in [2.45, 2.75) is 49.3 Å². The van der Waals surface area contributed by atoms with Gasteiger partial charge in [0.05, 0.1) is 19.6 Å². The van der Waals surface area contributed by atoms with Crippen LogP contribution in [0.2, 0.25) is 0 Å². The summed E-state index contributed by atoms with van der Waals surface area (Å²) in [6.45, 7) is 3.81. The number of ether oxygens (including phenoxy) is 1. The maximum atomic E-state index is 12.6. The number of sulfonamides is 1. The van der Waals surface area contributed by atoms with Gasteiger partial charge >= 0.3 is 0 Å². The summed E-state index contributed by atoms with van der Waals surface area (Å²) in [5.41, 5.74) is 0. The summed E-state index contributed by atoms with van der Waals surface area (Å²) >= 11 is 1.19. The molecule has 2 aliphatic rings. The molecule has 1 amide bonds. The fraction of sp³-hybridized carbons (Fsp3) is 0.706. The molecule has 1 aliphatic heterocycles. The van der Waals surface area contributed by atoms with Crippen LogP contribution in [0.1, 0.15) is 37.5 Å². The molecule has 140 valence electrons. The molecular weight excluding hydrogens is 360 g/mol. The highest BCUT2D eigenvalue weighted by Gasteiger charge is 2.28. The molecule has 2 atom stereocenters. The van der Waals surface area contributed by atoms with Crippen LogP contribution in [0.25, 0.3) is 0 Å². The van der Waals surface area contributed by atoms with Crippen molar-refractivity contribution in [2.75, 3.05) is 26.3 Å². The van der Waals surface area contributed by atoms with Crippen molar-refractivity contribution in [3.8, 4) is 0 Å². The monoisotopic (exact) mass is 386 g/mol. The summed E-state index contributed by atoms with van der Waals surface area (Å²) in [6, 6.07) is 3.61. The van der Waals surface area contributed by atoms with Gasteiger partial charge in [0, 0.05) is 24.0 Å². The smallest absolute Gasteiger partial charge is 0.252 e. The number of rotatable bonds is 5. The van der Waals surface area contributed by atoms with E-state index in [-0.39, 0.29) is 18.4 Å². The minimum atomic E-state index is -3.47. The molecule has 0 bridgehead atoms. The first-order valence-corrected chi connectivity index (χ1v) is 11.2. The molecule has 1 aliphatic carbocycles. The fourth-order valence-electron chi connectivity index (χ4n) is 3.45. The zero-order valence-electron chi connectivity index (χ0n) is 14.6. The summed E-state index contributed by atoms with van der Waals surface area (Å²) in [5.74, 6) is 0.495. The summed E-state index contributed by atoms with van der Waals surface area (Å²) in [4.78, 5) is 13.1. The Morgan fingerprint density at radius 1 is 1.28 bits per heavy atom. The van der Waals surface area contributed by atoms with E-state index in [4.69, 9.17) is 4.74 Å². The zero-order chi connectivity index (χ0) is 17.9. The molecule has 2 heterocycles. The second-order valence-corrected chi connectivity index (χ2v) is 10.2. The lowest BCUT2D eigenvalue weighted by Crippen LogP contribution is -2.41. The topological polar surface area (TPSA) is 75.7 Å².